The molecule has 0 amide bonds. The zero-order chi connectivity index (χ0) is 15.6. The lowest BCUT2D eigenvalue weighted by molar-refractivity contribution is -0.115. The van der Waals surface area contributed by atoms with Gasteiger partial charge in [0.25, 0.3) is 0 Å². The molecule has 0 fully saturated rings. The van der Waals surface area contributed by atoms with Crippen LogP contribution in [0.15, 0.2) is 0 Å². The average Bonchev–Trinajstić information content (AvgIpc) is 2.40. The van der Waals surface area contributed by atoms with Crippen LogP contribution in [0.4, 0.5) is 0 Å². The smallest absolute Gasteiger partial charge is 0.125 e. The third-order valence-corrected chi connectivity index (χ3v) is 3.85. The molecule has 0 unspecified atom stereocenters. The highest BCUT2D eigenvalue weighted by molar-refractivity contribution is 5.57. The maximum atomic E-state index is 10.8. The first kappa shape index (κ1) is 19.3. The molecule has 1 N–H and O–H groups in total. The van der Waals surface area contributed by atoms with Crippen molar-refractivity contribution in [3.05, 3.63) is 0 Å². The van der Waals surface area contributed by atoms with Crippen LogP contribution in [-0.2, 0) is 9.59 Å². The zero-order valence-corrected chi connectivity index (χ0v) is 13.7. The molecular weight excluding hydrogens is 252 g/mol. The molecule has 0 spiro atoms. The van der Waals surface area contributed by atoms with Gasteiger partial charge in [-0.1, -0.05) is 53.4 Å². The van der Waals surface area contributed by atoms with Gasteiger partial charge in [0.05, 0.1) is 6.10 Å². The van der Waals surface area contributed by atoms with E-state index in [1.54, 1.807) is 0 Å². The molecule has 0 radical (unpaired) electrons. The lowest BCUT2D eigenvalue weighted by Crippen LogP contribution is -2.14. The van der Waals surface area contributed by atoms with Crippen LogP contribution in [0.2, 0.25) is 0 Å². The largest absolute Gasteiger partial charge is 0.393 e. The van der Waals surface area contributed by atoms with Crippen molar-refractivity contribution in [1.29, 1.82) is 0 Å². The average molecular weight is 284 g/mol. The monoisotopic (exact) mass is 284 g/mol. The predicted octanol–water partition coefficient (Wildman–Crippen LogP) is 3.92. The first-order valence-electron chi connectivity index (χ1n) is 7.83. The van der Waals surface area contributed by atoms with Crippen LogP contribution in [-0.4, -0.2) is 23.8 Å². The van der Waals surface area contributed by atoms with Crippen molar-refractivity contribution in [1.82, 2.24) is 0 Å². The van der Waals surface area contributed by atoms with Gasteiger partial charge in [0.1, 0.15) is 12.6 Å². The first-order chi connectivity index (χ1) is 9.22. The Morgan fingerprint density at radius 2 is 1.15 bits per heavy atom. The molecule has 0 aliphatic carbocycles. The van der Waals surface area contributed by atoms with E-state index >= 15 is 0 Å². The molecule has 3 heteroatoms. The molecule has 3 nitrogen and oxygen atoms in total. The summed E-state index contributed by atoms with van der Waals surface area (Å²) in [6.07, 6.45) is 9.09. The van der Waals surface area contributed by atoms with Crippen molar-refractivity contribution in [2.45, 2.75) is 85.2 Å². The van der Waals surface area contributed by atoms with Crippen LogP contribution in [0.5, 0.6) is 0 Å². The SMILES string of the molecule is CC(C)(C=O)CCCCC(O)CCCCC(C)(C)C=O. The van der Waals surface area contributed by atoms with Gasteiger partial charge in [0, 0.05) is 10.8 Å². The van der Waals surface area contributed by atoms with Gasteiger partial charge in [0.2, 0.25) is 0 Å². The molecule has 0 aliphatic heterocycles. The summed E-state index contributed by atoms with van der Waals surface area (Å²) in [6.45, 7) is 7.80. The van der Waals surface area contributed by atoms with Crippen LogP contribution in [0.1, 0.15) is 79.1 Å². The molecule has 0 heterocycles. The van der Waals surface area contributed by atoms with E-state index in [2.05, 4.69) is 0 Å². The maximum Gasteiger partial charge on any atom is 0.125 e. The molecular formula is C17H32O3. The summed E-state index contributed by atoms with van der Waals surface area (Å²) in [7, 11) is 0. The maximum absolute atomic E-state index is 10.8. The van der Waals surface area contributed by atoms with Gasteiger partial charge < -0.3 is 14.7 Å². The standard InChI is InChI=1S/C17H32O3/c1-16(2,13-18)11-7-5-9-15(20)10-6-8-12-17(3,4)14-19/h13-15,20H,5-12H2,1-4H3. The van der Waals surface area contributed by atoms with Gasteiger partial charge in [-0.15, -0.1) is 0 Å². The van der Waals surface area contributed by atoms with Gasteiger partial charge in [0.15, 0.2) is 0 Å². The number of unbranched alkanes of at least 4 members (excludes halogenated alkanes) is 2. The number of rotatable bonds is 12. The van der Waals surface area contributed by atoms with E-state index < -0.39 is 0 Å². The minimum absolute atomic E-state index is 0.231. The lowest BCUT2D eigenvalue weighted by Gasteiger charge is -2.18. The summed E-state index contributed by atoms with van der Waals surface area (Å²) in [4.78, 5) is 21.5. The summed E-state index contributed by atoms with van der Waals surface area (Å²) in [6, 6.07) is 0. The van der Waals surface area contributed by atoms with Gasteiger partial charge in [-0.2, -0.15) is 0 Å². The molecule has 0 aromatic rings. The van der Waals surface area contributed by atoms with Crippen molar-refractivity contribution in [2.24, 2.45) is 10.8 Å². The topological polar surface area (TPSA) is 54.4 Å². The molecule has 0 aromatic heterocycles. The summed E-state index contributed by atoms with van der Waals surface area (Å²) in [5, 5.41) is 9.88. The normalized spacial score (nSPS) is 12.7. The minimum Gasteiger partial charge on any atom is -0.393 e. The fraction of sp³-hybridized carbons (Fsp3) is 0.882. The minimum atomic E-state index is -0.242. The fourth-order valence-electron chi connectivity index (χ4n) is 2.18. The molecule has 0 aromatic carbocycles. The fourth-order valence-corrected chi connectivity index (χ4v) is 2.18. The van der Waals surface area contributed by atoms with E-state index in [1.165, 1.54) is 0 Å². The van der Waals surface area contributed by atoms with Gasteiger partial charge in [-0.25, -0.2) is 0 Å². The Balaban J connectivity index is 3.58. The Kier molecular flexibility index (Phi) is 8.95. The molecule has 118 valence electrons. The highest BCUT2D eigenvalue weighted by Gasteiger charge is 2.17. The van der Waals surface area contributed by atoms with Gasteiger partial charge >= 0.3 is 0 Å². The van der Waals surface area contributed by atoms with Gasteiger partial charge in [-0.3, -0.25) is 0 Å². The second-order valence-corrected chi connectivity index (χ2v) is 7.36. The Hall–Kier alpha value is -0.700. The quantitative estimate of drug-likeness (QED) is 0.436. The number of aldehydes is 2. The van der Waals surface area contributed by atoms with Crippen molar-refractivity contribution in [2.75, 3.05) is 0 Å². The van der Waals surface area contributed by atoms with E-state index in [0.717, 1.165) is 63.9 Å². The van der Waals surface area contributed by atoms with Crippen molar-refractivity contribution < 1.29 is 14.7 Å². The third-order valence-electron chi connectivity index (χ3n) is 3.85. The number of aliphatic hydroxyl groups excluding tert-OH is 1. The molecule has 20 heavy (non-hydrogen) atoms. The molecule has 0 atom stereocenters. The van der Waals surface area contributed by atoms with E-state index in [9.17, 15) is 14.7 Å². The molecule has 0 saturated heterocycles. The van der Waals surface area contributed by atoms with Gasteiger partial charge in [-0.05, 0) is 25.7 Å². The van der Waals surface area contributed by atoms with E-state index in [-0.39, 0.29) is 16.9 Å². The van der Waals surface area contributed by atoms with Crippen LogP contribution in [0.25, 0.3) is 0 Å². The third kappa shape index (κ3) is 10.1. The van der Waals surface area contributed by atoms with Crippen molar-refractivity contribution in [3.63, 3.8) is 0 Å². The highest BCUT2D eigenvalue weighted by Crippen LogP contribution is 2.23. The van der Waals surface area contributed by atoms with E-state index in [0.29, 0.717) is 0 Å². The van der Waals surface area contributed by atoms with E-state index in [1.807, 2.05) is 27.7 Å². The number of hydrogen-bond donors (Lipinski definition) is 1. The lowest BCUT2D eigenvalue weighted by atomic mass is 9.87. The summed E-state index contributed by atoms with van der Waals surface area (Å²) in [5.74, 6) is 0. The van der Waals surface area contributed by atoms with E-state index in [4.69, 9.17) is 0 Å². The Morgan fingerprint density at radius 1 is 0.800 bits per heavy atom. The summed E-state index contributed by atoms with van der Waals surface area (Å²) < 4.78 is 0. The Labute approximate surface area is 124 Å². The van der Waals surface area contributed by atoms with Crippen molar-refractivity contribution >= 4 is 12.6 Å². The molecule has 0 rings (SSSR count). The predicted molar refractivity (Wildman–Crippen MR) is 82.6 cm³/mol. The van der Waals surface area contributed by atoms with Crippen molar-refractivity contribution in [3.8, 4) is 0 Å². The number of hydrogen-bond acceptors (Lipinski definition) is 3. The summed E-state index contributed by atoms with van der Waals surface area (Å²) in [5.41, 5.74) is -0.462. The number of carbonyl (C=O) groups excluding carboxylic acids is 2. The first-order valence-corrected chi connectivity index (χ1v) is 7.83. The zero-order valence-electron chi connectivity index (χ0n) is 13.7. The second kappa shape index (κ2) is 9.28. The Morgan fingerprint density at radius 3 is 1.45 bits per heavy atom. The molecule has 0 saturated carbocycles. The summed E-state index contributed by atoms with van der Waals surface area (Å²) >= 11 is 0. The van der Waals surface area contributed by atoms with Crippen LogP contribution < -0.4 is 0 Å². The molecule has 0 bridgehead atoms. The van der Waals surface area contributed by atoms with Crippen LogP contribution in [0, 0.1) is 10.8 Å². The highest BCUT2D eigenvalue weighted by atomic mass is 16.3. The second-order valence-electron chi connectivity index (χ2n) is 7.36. The van der Waals surface area contributed by atoms with Crippen LogP contribution >= 0.6 is 0 Å². The Bertz CT molecular complexity index is 254. The molecule has 0 aliphatic rings. The van der Waals surface area contributed by atoms with Crippen LogP contribution in [0.3, 0.4) is 0 Å². The number of carbonyl (C=O) groups is 2. The number of aliphatic hydroxyl groups is 1.